The molecule has 1 fully saturated rings. The van der Waals surface area contributed by atoms with Crippen LogP contribution in [0.3, 0.4) is 0 Å². The van der Waals surface area contributed by atoms with Crippen LogP contribution in [-0.2, 0) is 9.94 Å². The number of thiocarbonyl (C=S) groups is 1. The zero-order valence-electron chi connectivity index (χ0n) is 9.54. The summed E-state index contributed by atoms with van der Waals surface area (Å²) in [5, 5.41) is 13.1. The molecule has 87 valence electrons. The van der Waals surface area contributed by atoms with Crippen molar-refractivity contribution in [2.24, 2.45) is 0 Å². The molecule has 1 rings (SSSR count). The van der Waals surface area contributed by atoms with Gasteiger partial charge in [0.25, 0.3) is 4.51 Å². The van der Waals surface area contributed by atoms with E-state index < -0.39 is 11.1 Å². The van der Waals surface area contributed by atoms with E-state index in [1.165, 1.54) is 0 Å². The second-order valence-electron chi connectivity index (χ2n) is 5.30. The van der Waals surface area contributed by atoms with Crippen molar-refractivity contribution in [3.63, 3.8) is 0 Å². The van der Waals surface area contributed by atoms with Gasteiger partial charge in [0.1, 0.15) is 6.10 Å². The zero-order chi connectivity index (χ0) is 11.9. The maximum atomic E-state index is 12.0. The van der Waals surface area contributed by atoms with Crippen molar-refractivity contribution < 1.29 is 9.94 Å². The lowest BCUT2D eigenvalue weighted by Crippen LogP contribution is -2.59. The van der Waals surface area contributed by atoms with Crippen molar-refractivity contribution >= 4 is 28.3 Å². The summed E-state index contributed by atoms with van der Waals surface area (Å²) >= 11 is 10.3. The van der Waals surface area contributed by atoms with E-state index in [1.807, 2.05) is 27.7 Å². The topological polar surface area (TPSA) is 32.4 Å². The van der Waals surface area contributed by atoms with Crippen LogP contribution in [0.4, 0.5) is 0 Å². The van der Waals surface area contributed by atoms with Gasteiger partial charge in [-0.15, -0.1) is 10.3 Å². The van der Waals surface area contributed by atoms with Crippen molar-refractivity contribution in [3.8, 4) is 0 Å². The molecule has 0 aromatic rings. The molecule has 1 heterocycles. The molecular weight excluding hydrogens is 234 g/mol. The first-order valence-corrected chi connectivity index (χ1v) is 5.77. The molecule has 0 amide bonds. The Labute approximate surface area is 101 Å². The van der Waals surface area contributed by atoms with Crippen molar-refractivity contribution in [3.05, 3.63) is 0 Å². The molecule has 1 radical (unpaired) electrons. The van der Waals surface area contributed by atoms with Gasteiger partial charge in [-0.3, -0.25) is 0 Å². The SMILES string of the molecule is CC1(C)CC(OC(=S)Cl)CC(C)(C)N1[O]. The van der Waals surface area contributed by atoms with Crippen molar-refractivity contribution in [2.45, 2.75) is 57.7 Å². The minimum Gasteiger partial charge on any atom is -0.471 e. The summed E-state index contributed by atoms with van der Waals surface area (Å²) in [6, 6.07) is 0. The number of piperidine rings is 1. The molecule has 3 nitrogen and oxygen atoms in total. The average Bonchev–Trinajstić information content (AvgIpc) is 1.97. The molecule has 0 N–H and O–H groups in total. The molecule has 0 aromatic heterocycles. The number of hydroxylamine groups is 2. The van der Waals surface area contributed by atoms with Crippen LogP contribution in [0.25, 0.3) is 0 Å². The average molecular weight is 251 g/mol. The van der Waals surface area contributed by atoms with Crippen LogP contribution in [0.2, 0.25) is 0 Å². The molecule has 0 saturated carbocycles. The number of hydrogen-bond acceptors (Lipinski definition) is 3. The van der Waals surface area contributed by atoms with Crippen LogP contribution in [0, 0.1) is 0 Å². The molecule has 1 saturated heterocycles. The van der Waals surface area contributed by atoms with Gasteiger partial charge >= 0.3 is 0 Å². The van der Waals surface area contributed by atoms with Crippen LogP contribution in [-0.4, -0.2) is 26.8 Å². The maximum absolute atomic E-state index is 12.0. The third-order valence-corrected chi connectivity index (χ3v) is 3.00. The van der Waals surface area contributed by atoms with Gasteiger partial charge in [-0.1, -0.05) is 0 Å². The first kappa shape index (κ1) is 13.2. The predicted molar refractivity (Wildman–Crippen MR) is 63.2 cm³/mol. The monoisotopic (exact) mass is 250 g/mol. The van der Waals surface area contributed by atoms with Gasteiger partial charge in [0.05, 0.1) is 0 Å². The lowest BCUT2D eigenvalue weighted by Gasteiger charge is -2.49. The summed E-state index contributed by atoms with van der Waals surface area (Å²) in [7, 11) is 0. The van der Waals surface area contributed by atoms with Gasteiger partial charge in [-0.25, -0.2) is 0 Å². The maximum Gasteiger partial charge on any atom is 0.255 e. The number of halogens is 1. The van der Waals surface area contributed by atoms with E-state index in [2.05, 4.69) is 0 Å². The Morgan fingerprint density at radius 3 is 2.07 bits per heavy atom. The Bertz CT molecular complexity index is 250. The summed E-state index contributed by atoms with van der Waals surface area (Å²) in [6.45, 7) is 7.65. The Kier molecular flexibility index (Phi) is 3.66. The van der Waals surface area contributed by atoms with Crippen LogP contribution in [0.1, 0.15) is 40.5 Å². The molecule has 0 spiro atoms. The highest BCUT2D eigenvalue weighted by atomic mass is 35.5. The fourth-order valence-electron chi connectivity index (χ4n) is 2.39. The third kappa shape index (κ3) is 3.03. The summed E-state index contributed by atoms with van der Waals surface area (Å²) in [5.74, 6) is 0. The number of rotatable bonds is 1. The molecule has 5 heteroatoms. The minimum atomic E-state index is -0.436. The Hall–Kier alpha value is 0.1000. The molecule has 1 aliphatic heterocycles. The molecule has 0 atom stereocenters. The van der Waals surface area contributed by atoms with Gasteiger partial charge in [0, 0.05) is 23.9 Å². The summed E-state index contributed by atoms with van der Waals surface area (Å²) < 4.78 is 5.38. The largest absolute Gasteiger partial charge is 0.471 e. The standard InChI is InChI=1S/C10H17ClNO2S/c1-9(2)5-7(14-8(11)15)6-10(3,4)12(9)13/h7H,5-6H2,1-4H3. The Morgan fingerprint density at radius 1 is 1.33 bits per heavy atom. The number of ether oxygens (including phenoxy) is 1. The molecule has 15 heavy (non-hydrogen) atoms. The lowest BCUT2D eigenvalue weighted by atomic mass is 9.80. The van der Waals surface area contributed by atoms with E-state index in [9.17, 15) is 5.21 Å². The van der Waals surface area contributed by atoms with Crippen molar-refractivity contribution in [2.75, 3.05) is 0 Å². The Balaban J connectivity index is 2.79. The van der Waals surface area contributed by atoms with E-state index in [4.69, 9.17) is 28.6 Å². The number of nitrogens with zero attached hydrogens (tertiary/aromatic N) is 1. The fourth-order valence-corrected chi connectivity index (χ4v) is 2.65. The van der Waals surface area contributed by atoms with Gasteiger partial charge in [0.15, 0.2) is 0 Å². The smallest absolute Gasteiger partial charge is 0.255 e. The second kappa shape index (κ2) is 4.17. The zero-order valence-corrected chi connectivity index (χ0v) is 11.1. The van der Waals surface area contributed by atoms with Crippen LogP contribution in [0.15, 0.2) is 0 Å². The lowest BCUT2D eigenvalue weighted by molar-refractivity contribution is -0.297. The summed E-state index contributed by atoms with van der Waals surface area (Å²) in [6.07, 6.45) is 1.23. The Morgan fingerprint density at radius 2 is 1.73 bits per heavy atom. The summed E-state index contributed by atoms with van der Waals surface area (Å²) in [5.41, 5.74) is -0.873. The van der Waals surface area contributed by atoms with Crippen molar-refractivity contribution in [1.82, 2.24) is 5.06 Å². The fraction of sp³-hybridized carbons (Fsp3) is 0.900. The molecule has 1 aliphatic rings. The molecule has 0 aliphatic carbocycles. The van der Waals surface area contributed by atoms with Crippen LogP contribution >= 0.6 is 23.8 Å². The molecule has 0 bridgehead atoms. The first-order chi connectivity index (χ1) is 6.65. The van der Waals surface area contributed by atoms with E-state index in [0.29, 0.717) is 12.8 Å². The van der Waals surface area contributed by atoms with Crippen LogP contribution in [0.5, 0.6) is 0 Å². The normalized spacial score (nSPS) is 26.3. The van der Waals surface area contributed by atoms with Crippen LogP contribution < -0.4 is 0 Å². The predicted octanol–water partition coefficient (Wildman–Crippen LogP) is 2.89. The van der Waals surface area contributed by atoms with Gasteiger partial charge < -0.3 is 4.74 Å². The first-order valence-electron chi connectivity index (χ1n) is 4.99. The second-order valence-corrected chi connectivity index (χ2v) is 6.24. The van der Waals surface area contributed by atoms with E-state index in [0.717, 1.165) is 5.06 Å². The van der Waals surface area contributed by atoms with Gasteiger partial charge in [0.2, 0.25) is 0 Å². The van der Waals surface area contributed by atoms with E-state index in [-0.39, 0.29) is 10.6 Å². The highest BCUT2D eigenvalue weighted by Gasteiger charge is 2.47. The third-order valence-electron chi connectivity index (χ3n) is 2.81. The van der Waals surface area contributed by atoms with Gasteiger partial charge in [-0.05, 0) is 51.5 Å². The summed E-state index contributed by atoms with van der Waals surface area (Å²) in [4.78, 5) is 0. The highest BCUT2D eigenvalue weighted by molar-refractivity contribution is 7.82. The van der Waals surface area contributed by atoms with E-state index in [1.54, 1.807) is 0 Å². The van der Waals surface area contributed by atoms with Gasteiger partial charge in [-0.2, -0.15) is 0 Å². The molecular formula is C10H17ClNO2S. The van der Waals surface area contributed by atoms with E-state index >= 15 is 0 Å². The highest BCUT2D eigenvalue weighted by Crippen LogP contribution is 2.38. The minimum absolute atomic E-state index is 0.0333. The van der Waals surface area contributed by atoms with Crippen molar-refractivity contribution in [1.29, 1.82) is 0 Å². The molecule has 0 unspecified atom stereocenters. The number of hydrogen-bond donors (Lipinski definition) is 0. The molecule has 0 aromatic carbocycles. The quantitative estimate of drug-likeness (QED) is 0.530.